The van der Waals surface area contributed by atoms with Gasteiger partial charge in [0.05, 0.1) is 16.1 Å². The summed E-state index contributed by atoms with van der Waals surface area (Å²) in [5.41, 5.74) is 12.3. The summed E-state index contributed by atoms with van der Waals surface area (Å²) in [7, 11) is 0. The quantitative estimate of drug-likeness (QED) is 0.167. The molecule has 9 aromatic carbocycles. The molecule has 12 aromatic rings. The average Bonchev–Trinajstić information content (AvgIpc) is 3.99. The van der Waals surface area contributed by atoms with E-state index in [0.29, 0.717) is 0 Å². The Morgan fingerprint density at radius 3 is 1.74 bits per heavy atom. The molecule has 272 valence electrons. The lowest BCUT2D eigenvalue weighted by Crippen LogP contribution is -2.10. The molecule has 0 aliphatic rings. The van der Waals surface area contributed by atoms with Gasteiger partial charge in [-0.15, -0.1) is 22.7 Å². The molecule has 2 nitrogen and oxygen atoms in total. The summed E-state index contributed by atoms with van der Waals surface area (Å²) < 4.78 is 11.9. The third-order valence-electron chi connectivity index (χ3n) is 11.5. The molecule has 0 aliphatic heterocycles. The molecule has 3 aromatic heterocycles. The predicted molar refractivity (Wildman–Crippen MR) is 250 cm³/mol. The van der Waals surface area contributed by atoms with Crippen LogP contribution in [-0.4, -0.2) is 0 Å². The van der Waals surface area contributed by atoms with Crippen molar-refractivity contribution in [3.05, 3.63) is 200 Å². The fourth-order valence-electron chi connectivity index (χ4n) is 8.80. The number of hydrogen-bond donors (Lipinski definition) is 0. The van der Waals surface area contributed by atoms with Crippen molar-refractivity contribution in [2.45, 2.75) is 0 Å². The van der Waals surface area contributed by atoms with Crippen LogP contribution in [0.3, 0.4) is 0 Å². The van der Waals surface area contributed by atoms with Gasteiger partial charge in [0.25, 0.3) is 0 Å². The number of benzene rings is 9. The van der Waals surface area contributed by atoms with Gasteiger partial charge >= 0.3 is 0 Å². The number of nitrogens with zero attached hydrogens (tertiary/aromatic N) is 1. The highest BCUT2D eigenvalue weighted by atomic mass is 32.1. The van der Waals surface area contributed by atoms with Crippen molar-refractivity contribution >= 4 is 102 Å². The van der Waals surface area contributed by atoms with Crippen molar-refractivity contribution in [1.82, 2.24) is 0 Å². The molecule has 0 aliphatic carbocycles. The first-order chi connectivity index (χ1) is 28.8. The van der Waals surface area contributed by atoms with Crippen LogP contribution in [0.15, 0.2) is 205 Å². The van der Waals surface area contributed by atoms with Crippen LogP contribution in [0.1, 0.15) is 0 Å². The largest absolute Gasteiger partial charge is 0.454 e. The van der Waals surface area contributed by atoms with Crippen LogP contribution in [-0.2, 0) is 0 Å². The van der Waals surface area contributed by atoms with E-state index >= 15 is 0 Å². The van der Waals surface area contributed by atoms with E-state index in [1.165, 1.54) is 73.7 Å². The average molecular weight is 776 g/mol. The second kappa shape index (κ2) is 13.3. The summed E-state index contributed by atoms with van der Waals surface area (Å²) in [5.74, 6) is 0. The van der Waals surface area contributed by atoms with Crippen molar-refractivity contribution in [2.75, 3.05) is 4.90 Å². The van der Waals surface area contributed by atoms with Gasteiger partial charge < -0.3 is 9.32 Å². The second-order valence-corrected chi connectivity index (χ2v) is 16.9. The Morgan fingerprint density at radius 2 is 0.914 bits per heavy atom. The Morgan fingerprint density at radius 1 is 0.345 bits per heavy atom. The van der Waals surface area contributed by atoms with Gasteiger partial charge in [-0.05, 0) is 75.8 Å². The van der Waals surface area contributed by atoms with Crippen molar-refractivity contribution in [3.63, 3.8) is 0 Å². The Bertz CT molecular complexity index is 3500. The molecule has 58 heavy (non-hydrogen) atoms. The van der Waals surface area contributed by atoms with E-state index in [4.69, 9.17) is 4.42 Å². The summed E-state index contributed by atoms with van der Waals surface area (Å²) in [6.45, 7) is 0. The molecular weight excluding hydrogens is 743 g/mol. The first-order valence-corrected chi connectivity index (χ1v) is 21.2. The summed E-state index contributed by atoms with van der Waals surface area (Å²) in [4.78, 5) is 2.39. The molecule has 0 N–H and O–H groups in total. The Kier molecular flexibility index (Phi) is 7.62. The Balaban J connectivity index is 0.997. The van der Waals surface area contributed by atoms with E-state index in [1.54, 1.807) is 0 Å². The third kappa shape index (κ3) is 5.23. The van der Waals surface area contributed by atoms with Crippen molar-refractivity contribution < 1.29 is 4.42 Å². The highest BCUT2D eigenvalue weighted by Crippen LogP contribution is 2.49. The minimum Gasteiger partial charge on any atom is -0.454 e. The SMILES string of the molecule is c1ccc(-c2cccc3c2sc2c(N(c4ccc(-c5ccc(-c6cccc7sc8ccccc8c67)cc5)cc4)c4cccc5c4oc4ccccc45)cccc23)cc1. The van der Waals surface area contributed by atoms with Gasteiger partial charge in [-0.2, -0.15) is 0 Å². The molecule has 0 saturated carbocycles. The van der Waals surface area contributed by atoms with Crippen molar-refractivity contribution in [3.8, 4) is 33.4 Å². The van der Waals surface area contributed by atoms with Crippen LogP contribution in [0.4, 0.5) is 17.1 Å². The molecule has 0 fully saturated rings. The highest BCUT2D eigenvalue weighted by Gasteiger charge is 2.23. The van der Waals surface area contributed by atoms with Gasteiger partial charge in [-0.25, -0.2) is 0 Å². The minimum absolute atomic E-state index is 0.875. The number of hydrogen-bond acceptors (Lipinski definition) is 4. The topological polar surface area (TPSA) is 16.4 Å². The molecule has 0 amide bonds. The van der Waals surface area contributed by atoms with Crippen molar-refractivity contribution in [1.29, 1.82) is 0 Å². The standard InChI is InChI=1S/C54H33NOS2/c1-2-12-36(13-3-1)40-17-8-19-43-44-20-10-22-47(54(44)58-53(40)43)55(46-21-9-18-42-41-14-4-6-23-48(41)56-52(42)46)38-32-30-35(31-33-38)34-26-28-37(29-27-34)39-16-11-25-50-51(39)45-15-5-7-24-49(45)57-50/h1-33H. The molecule has 0 spiro atoms. The normalized spacial score (nSPS) is 11.8. The van der Waals surface area contributed by atoms with E-state index in [1.807, 2.05) is 28.7 Å². The van der Waals surface area contributed by atoms with Gasteiger partial charge in [-0.3, -0.25) is 0 Å². The number of thiophene rings is 2. The zero-order chi connectivity index (χ0) is 38.2. The lowest BCUT2D eigenvalue weighted by Gasteiger charge is -2.26. The minimum atomic E-state index is 0.875. The van der Waals surface area contributed by atoms with E-state index in [0.717, 1.165) is 39.0 Å². The summed E-state index contributed by atoms with van der Waals surface area (Å²) >= 11 is 3.73. The van der Waals surface area contributed by atoms with Gasteiger partial charge in [0.1, 0.15) is 5.58 Å². The zero-order valence-electron chi connectivity index (χ0n) is 31.2. The molecule has 0 atom stereocenters. The fraction of sp³-hybridized carbons (Fsp3) is 0. The Hall–Kier alpha value is -6.98. The molecule has 0 unspecified atom stereocenters. The molecule has 4 heteroatoms. The predicted octanol–water partition coefficient (Wildman–Crippen LogP) is 16.8. The highest BCUT2D eigenvalue weighted by molar-refractivity contribution is 7.27. The summed E-state index contributed by atoms with van der Waals surface area (Å²) in [5, 5.41) is 7.41. The van der Waals surface area contributed by atoms with Crippen LogP contribution in [0.25, 0.3) is 95.7 Å². The van der Waals surface area contributed by atoms with E-state index in [2.05, 4.69) is 199 Å². The lowest BCUT2D eigenvalue weighted by atomic mass is 9.97. The number of furan rings is 1. The number of anilines is 3. The molecule has 0 bridgehead atoms. The van der Waals surface area contributed by atoms with E-state index < -0.39 is 0 Å². The lowest BCUT2D eigenvalue weighted by molar-refractivity contribution is 0.669. The zero-order valence-corrected chi connectivity index (χ0v) is 32.9. The van der Waals surface area contributed by atoms with Gasteiger partial charge in [-0.1, -0.05) is 158 Å². The monoisotopic (exact) mass is 775 g/mol. The van der Waals surface area contributed by atoms with Gasteiger partial charge in [0.2, 0.25) is 0 Å². The maximum Gasteiger partial charge on any atom is 0.159 e. The maximum atomic E-state index is 6.70. The Labute approximate surface area is 343 Å². The number of para-hydroxylation sites is 2. The smallest absolute Gasteiger partial charge is 0.159 e. The molecule has 12 rings (SSSR count). The summed E-state index contributed by atoms with van der Waals surface area (Å²) in [6, 6.07) is 72.4. The van der Waals surface area contributed by atoms with Gasteiger partial charge in [0, 0.05) is 52.1 Å². The molecule has 3 heterocycles. The second-order valence-electron chi connectivity index (χ2n) is 14.8. The van der Waals surface area contributed by atoms with E-state index in [9.17, 15) is 0 Å². The summed E-state index contributed by atoms with van der Waals surface area (Å²) in [6.07, 6.45) is 0. The first-order valence-electron chi connectivity index (χ1n) is 19.6. The van der Waals surface area contributed by atoms with Crippen LogP contribution < -0.4 is 4.90 Å². The number of rotatable bonds is 6. The van der Waals surface area contributed by atoms with Crippen molar-refractivity contribution in [2.24, 2.45) is 0 Å². The van der Waals surface area contributed by atoms with Crippen LogP contribution >= 0.6 is 22.7 Å². The van der Waals surface area contributed by atoms with Crippen LogP contribution in [0.5, 0.6) is 0 Å². The molecule has 0 radical (unpaired) electrons. The fourth-order valence-corrected chi connectivity index (χ4v) is 11.3. The molecular formula is C54H33NOS2. The van der Waals surface area contributed by atoms with Crippen LogP contribution in [0.2, 0.25) is 0 Å². The maximum absolute atomic E-state index is 6.70. The third-order valence-corrected chi connectivity index (χ3v) is 13.9. The molecule has 0 saturated heterocycles. The first kappa shape index (κ1) is 33.2. The number of fused-ring (bicyclic) bond motifs is 9. The van der Waals surface area contributed by atoms with E-state index in [-0.39, 0.29) is 0 Å². The van der Waals surface area contributed by atoms with Gasteiger partial charge in [0.15, 0.2) is 5.58 Å². The van der Waals surface area contributed by atoms with Crippen LogP contribution in [0, 0.1) is 0 Å².